The molecule has 6 heteroatoms. The van der Waals surface area contributed by atoms with Gasteiger partial charge in [0.1, 0.15) is 5.82 Å². The van der Waals surface area contributed by atoms with Crippen molar-refractivity contribution in [2.24, 2.45) is 0 Å². The van der Waals surface area contributed by atoms with Crippen LogP contribution in [-0.2, 0) is 10.8 Å². The zero-order chi connectivity index (χ0) is 11.3. The van der Waals surface area contributed by atoms with Crippen molar-refractivity contribution >= 4 is 38.2 Å². The van der Waals surface area contributed by atoms with Gasteiger partial charge in [0.2, 0.25) is 0 Å². The van der Waals surface area contributed by atoms with Crippen molar-refractivity contribution < 1.29 is 4.21 Å². The van der Waals surface area contributed by atoms with E-state index in [0.29, 0.717) is 23.7 Å². The second-order valence-corrected chi connectivity index (χ2v) is 5.68. The number of nitrogens with zero attached hydrogens (tertiary/aromatic N) is 1. The number of pyridine rings is 1. The maximum absolute atomic E-state index is 11.2. The fraction of sp³-hybridized carbons (Fsp3) is 0.444. The third-order valence-electron chi connectivity index (χ3n) is 1.81. The van der Waals surface area contributed by atoms with Crippen molar-refractivity contribution in [3.8, 4) is 0 Å². The van der Waals surface area contributed by atoms with Gasteiger partial charge in [0.15, 0.2) is 0 Å². The highest BCUT2D eigenvalue weighted by Crippen LogP contribution is 2.21. The van der Waals surface area contributed by atoms with Gasteiger partial charge in [-0.1, -0.05) is 6.92 Å². The smallest absolute Gasteiger partial charge is 0.140 e. The van der Waals surface area contributed by atoms with E-state index >= 15 is 0 Å². The van der Waals surface area contributed by atoms with Crippen molar-refractivity contribution in [3.63, 3.8) is 0 Å². The first-order chi connectivity index (χ1) is 7.13. The monoisotopic (exact) mass is 291 g/mol. The molecule has 0 saturated heterocycles. The van der Waals surface area contributed by atoms with Gasteiger partial charge >= 0.3 is 0 Å². The lowest BCUT2D eigenvalue weighted by Gasteiger charge is -2.07. The van der Waals surface area contributed by atoms with Crippen LogP contribution < -0.4 is 11.1 Å². The molecule has 1 rings (SSSR count). The van der Waals surface area contributed by atoms with Crippen LogP contribution >= 0.6 is 15.9 Å². The topological polar surface area (TPSA) is 68.0 Å². The number of hydrogen-bond acceptors (Lipinski definition) is 4. The van der Waals surface area contributed by atoms with Crippen molar-refractivity contribution in [2.45, 2.75) is 6.92 Å². The molecule has 1 atom stereocenters. The first-order valence-corrected chi connectivity index (χ1v) is 6.91. The van der Waals surface area contributed by atoms with E-state index < -0.39 is 10.8 Å². The molecule has 0 aliphatic rings. The molecule has 0 aliphatic carbocycles. The largest absolute Gasteiger partial charge is 0.397 e. The van der Waals surface area contributed by atoms with Crippen LogP contribution in [0.4, 0.5) is 11.5 Å². The van der Waals surface area contributed by atoms with Crippen molar-refractivity contribution in [1.82, 2.24) is 4.98 Å². The number of nitrogens with two attached hydrogens (primary N) is 1. The van der Waals surface area contributed by atoms with Gasteiger partial charge < -0.3 is 11.1 Å². The van der Waals surface area contributed by atoms with E-state index in [9.17, 15) is 4.21 Å². The Hall–Kier alpha value is -0.620. The Labute approximate surface area is 100 Å². The Bertz CT molecular complexity index is 359. The molecule has 0 radical (unpaired) electrons. The van der Waals surface area contributed by atoms with E-state index in [-0.39, 0.29) is 0 Å². The lowest BCUT2D eigenvalue weighted by Crippen LogP contribution is -2.13. The van der Waals surface area contributed by atoms with Gasteiger partial charge in [-0.3, -0.25) is 4.21 Å². The van der Waals surface area contributed by atoms with Gasteiger partial charge in [-0.15, -0.1) is 0 Å². The summed E-state index contributed by atoms with van der Waals surface area (Å²) >= 11 is 3.35. The molecule has 15 heavy (non-hydrogen) atoms. The summed E-state index contributed by atoms with van der Waals surface area (Å²) in [4.78, 5) is 4.12. The molecule has 0 spiro atoms. The van der Waals surface area contributed by atoms with Crippen LogP contribution in [0.3, 0.4) is 0 Å². The molecule has 0 aromatic carbocycles. The molecule has 1 unspecified atom stereocenters. The predicted molar refractivity (Wildman–Crippen MR) is 68.4 cm³/mol. The standard InChI is InChI=1S/C9H14BrN3OS/c1-2-15(14)4-3-12-9-8(10)5-7(11)6-13-9/h5-6H,2-4,11H2,1H3,(H,12,13). The third-order valence-corrected chi connectivity index (χ3v) is 3.71. The Balaban J connectivity index is 2.47. The zero-order valence-corrected chi connectivity index (χ0v) is 10.9. The minimum absolute atomic E-state index is 0.615. The van der Waals surface area contributed by atoms with Crippen LogP contribution in [0.15, 0.2) is 16.7 Å². The van der Waals surface area contributed by atoms with Crippen molar-refractivity contribution in [1.29, 1.82) is 0 Å². The van der Waals surface area contributed by atoms with Gasteiger partial charge in [-0.25, -0.2) is 4.98 Å². The molecular weight excluding hydrogens is 278 g/mol. The minimum Gasteiger partial charge on any atom is -0.397 e. The molecular formula is C9H14BrN3OS. The van der Waals surface area contributed by atoms with Crippen LogP contribution in [0.25, 0.3) is 0 Å². The van der Waals surface area contributed by atoms with Crippen LogP contribution in [0.1, 0.15) is 6.92 Å². The molecule has 0 fully saturated rings. The molecule has 0 amide bonds. The second-order valence-electron chi connectivity index (χ2n) is 2.96. The molecule has 4 nitrogen and oxygen atoms in total. The Morgan fingerprint density at radius 3 is 3.00 bits per heavy atom. The molecule has 1 aromatic heterocycles. The maximum atomic E-state index is 11.2. The van der Waals surface area contributed by atoms with E-state index in [1.165, 1.54) is 0 Å². The van der Waals surface area contributed by atoms with E-state index in [2.05, 4.69) is 26.2 Å². The second kappa shape index (κ2) is 6.07. The van der Waals surface area contributed by atoms with E-state index in [1.54, 1.807) is 12.3 Å². The predicted octanol–water partition coefficient (Wildman–Crippen LogP) is 1.61. The van der Waals surface area contributed by atoms with Crippen LogP contribution in [-0.4, -0.2) is 27.2 Å². The number of anilines is 2. The highest BCUT2D eigenvalue weighted by atomic mass is 79.9. The van der Waals surface area contributed by atoms with Crippen molar-refractivity contribution in [3.05, 3.63) is 16.7 Å². The van der Waals surface area contributed by atoms with E-state index in [4.69, 9.17) is 5.73 Å². The number of nitrogens with one attached hydrogen (secondary N) is 1. The molecule has 3 N–H and O–H groups in total. The molecule has 0 saturated carbocycles. The fourth-order valence-corrected chi connectivity index (χ4v) is 2.14. The normalized spacial score (nSPS) is 12.4. The summed E-state index contributed by atoms with van der Waals surface area (Å²) in [6.07, 6.45) is 1.59. The molecule has 1 heterocycles. The van der Waals surface area contributed by atoms with Gasteiger partial charge in [-0.2, -0.15) is 0 Å². The average molecular weight is 292 g/mol. The number of aromatic nitrogens is 1. The summed E-state index contributed by atoms with van der Waals surface area (Å²) < 4.78 is 12.0. The first-order valence-electron chi connectivity index (χ1n) is 4.63. The van der Waals surface area contributed by atoms with Gasteiger partial charge in [0.05, 0.1) is 16.4 Å². The number of halogens is 1. The van der Waals surface area contributed by atoms with Crippen molar-refractivity contribution in [2.75, 3.05) is 29.1 Å². The molecule has 0 aliphatic heterocycles. The minimum atomic E-state index is -0.742. The van der Waals surface area contributed by atoms with Crippen LogP contribution in [0, 0.1) is 0 Å². The van der Waals surface area contributed by atoms with E-state index in [1.807, 2.05) is 6.92 Å². The number of rotatable bonds is 5. The first kappa shape index (κ1) is 12.4. The Morgan fingerprint density at radius 2 is 2.40 bits per heavy atom. The SMILES string of the molecule is CCS(=O)CCNc1ncc(N)cc1Br. The molecule has 1 aromatic rings. The van der Waals surface area contributed by atoms with Crippen LogP contribution in [0.2, 0.25) is 0 Å². The summed E-state index contributed by atoms with van der Waals surface area (Å²) in [6.45, 7) is 2.56. The summed E-state index contributed by atoms with van der Waals surface area (Å²) in [6, 6.07) is 1.78. The zero-order valence-electron chi connectivity index (χ0n) is 8.50. The van der Waals surface area contributed by atoms with Gasteiger partial charge in [-0.05, 0) is 22.0 Å². The quantitative estimate of drug-likeness (QED) is 0.865. The lowest BCUT2D eigenvalue weighted by atomic mass is 10.4. The highest BCUT2D eigenvalue weighted by Gasteiger charge is 2.02. The van der Waals surface area contributed by atoms with Gasteiger partial charge in [0.25, 0.3) is 0 Å². The maximum Gasteiger partial charge on any atom is 0.140 e. The lowest BCUT2D eigenvalue weighted by molar-refractivity contribution is 0.684. The third kappa shape index (κ3) is 4.17. The number of hydrogen-bond donors (Lipinski definition) is 2. The summed E-state index contributed by atoms with van der Waals surface area (Å²) in [5.74, 6) is 2.06. The average Bonchev–Trinajstić information content (AvgIpc) is 2.21. The Kier molecular flexibility index (Phi) is 5.04. The summed E-state index contributed by atoms with van der Waals surface area (Å²) in [5, 5.41) is 3.10. The Morgan fingerprint density at radius 1 is 1.67 bits per heavy atom. The van der Waals surface area contributed by atoms with E-state index in [0.717, 1.165) is 10.3 Å². The molecule has 84 valence electrons. The van der Waals surface area contributed by atoms with Gasteiger partial charge in [0, 0.05) is 28.9 Å². The summed E-state index contributed by atoms with van der Waals surface area (Å²) in [5.41, 5.74) is 6.17. The number of nitrogen functional groups attached to an aromatic ring is 1. The highest BCUT2D eigenvalue weighted by molar-refractivity contribution is 9.10. The van der Waals surface area contributed by atoms with Crippen LogP contribution in [0.5, 0.6) is 0 Å². The molecule has 0 bridgehead atoms. The summed E-state index contributed by atoms with van der Waals surface area (Å²) in [7, 11) is -0.742. The fourth-order valence-electron chi connectivity index (χ4n) is 1.01.